The fourth-order valence-electron chi connectivity index (χ4n) is 1.77. The van der Waals surface area contributed by atoms with Gasteiger partial charge in [-0.05, 0) is 39.0 Å². The Hall–Kier alpha value is -0.610. The molecule has 1 aliphatic heterocycles. The molecule has 0 aromatic heterocycles. The van der Waals surface area contributed by atoms with Crippen molar-refractivity contribution in [3.8, 4) is 0 Å². The van der Waals surface area contributed by atoms with Gasteiger partial charge in [-0.15, -0.1) is 0 Å². The molecule has 2 atom stereocenters. The summed E-state index contributed by atoms with van der Waals surface area (Å²) < 4.78 is 10.6. The zero-order valence-electron chi connectivity index (χ0n) is 10.1. The SMILES string of the molecule is CC(N)CCCC(=O)OCC1CCCCO1. The molecule has 0 aromatic carbocycles. The predicted octanol–water partition coefficient (Wildman–Crippen LogP) is 1.62. The summed E-state index contributed by atoms with van der Waals surface area (Å²) in [6.45, 7) is 3.16. The van der Waals surface area contributed by atoms with Crippen molar-refractivity contribution in [2.75, 3.05) is 13.2 Å². The highest BCUT2D eigenvalue weighted by molar-refractivity contribution is 5.69. The zero-order valence-corrected chi connectivity index (χ0v) is 10.1. The van der Waals surface area contributed by atoms with E-state index in [1.54, 1.807) is 0 Å². The first-order valence-corrected chi connectivity index (χ1v) is 6.21. The first-order chi connectivity index (χ1) is 7.68. The number of hydrogen-bond acceptors (Lipinski definition) is 4. The molecule has 1 aliphatic rings. The van der Waals surface area contributed by atoms with Gasteiger partial charge in [-0.2, -0.15) is 0 Å². The maximum atomic E-state index is 11.3. The van der Waals surface area contributed by atoms with E-state index >= 15 is 0 Å². The highest BCUT2D eigenvalue weighted by Crippen LogP contribution is 2.13. The molecule has 2 N–H and O–H groups in total. The average molecular weight is 229 g/mol. The van der Waals surface area contributed by atoms with Crippen molar-refractivity contribution in [3.63, 3.8) is 0 Å². The van der Waals surface area contributed by atoms with Gasteiger partial charge in [0.15, 0.2) is 0 Å². The molecule has 1 saturated heterocycles. The van der Waals surface area contributed by atoms with Crippen molar-refractivity contribution in [3.05, 3.63) is 0 Å². The van der Waals surface area contributed by atoms with Crippen LogP contribution in [-0.2, 0) is 14.3 Å². The third-order valence-electron chi connectivity index (χ3n) is 2.74. The summed E-state index contributed by atoms with van der Waals surface area (Å²) in [7, 11) is 0. The van der Waals surface area contributed by atoms with Crippen LogP contribution in [-0.4, -0.2) is 31.3 Å². The maximum Gasteiger partial charge on any atom is 0.305 e. The van der Waals surface area contributed by atoms with E-state index in [1.165, 1.54) is 6.42 Å². The van der Waals surface area contributed by atoms with Crippen molar-refractivity contribution in [2.24, 2.45) is 5.73 Å². The van der Waals surface area contributed by atoms with Gasteiger partial charge in [-0.25, -0.2) is 0 Å². The Kier molecular flexibility index (Phi) is 6.42. The van der Waals surface area contributed by atoms with Crippen LogP contribution in [0.5, 0.6) is 0 Å². The Morgan fingerprint density at radius 2 is 2.38 bits per heavy atom. The van der Waals surface area contributed by atoms with Crippen LogP contribution < -0.4 is 5.73 Å². The van der Waals surface area contributed by atoms with E-state index in [0.29, 0.717) is 13.0 Å². The third-order valence-corrected chi connectivity index (χ3v) is 2.74. The summed E-state index contributed by atoms with van der Waals surface area (Å²) in [6.07, 6.45) is 5.57. The van der Waals surface area contributed by atoms with Crippen molar-refractivity contribution in [2.45, 2.75) is 57.6 Å². The van der Waals surface area contributed by atoms with Crippen molar-refractivity contribution in [1.29, 1.82) is 0 Å². The van der Waals surface area contributed by atoms with Crippen LogP contribution in [0.2, 0.25) is 0 Å². The van der Waals surface area contributed by atoms with Crippen molar-refractivity contribution >= 4 is 5.97 Å². The van der Waals surface area contributed by atoms with Crippen LogP contribution in [0.4, 0.5) is 0 Å². The predicted molar refractivity (Wildman–Crippen MR) is 62.1 cm³/mol. The number of ether oxygens (including phenoxy) is 2. The van der Waals surface area contributed by atoms with Crippen molar-refractivity contribution in [1.82, 2.24) is 0 Å². The van der Waals surface area contributed by atoms with E-state index in [4.69, 9.17) is 15.2 Å². The fourth-order valence-corrected chi connectivity index (χ4v) is 1.77. The molecular formula is C12H23NO3. The van der Waals surface area contributed by atoms with E-state index in [-0.39, 0.29) is 18.1 Å². The van der Waals surface area contributed by atoms with Gasteiger partial charge in [0.1, 0.15) is 6.61 Å². The summed E-state index contributed by atoms with van der Waals surface area (Å²) in [5.41, 5.74) is 5.60. The molecule has 16 heavy (non-hydrogen) atoms. The lowest BCUT2D eigenvalue weighted by Gasteiger charge is -2.22. The minimum atomic E-state index is -0.130. The largest absolute Gasteiger partial charge is 0.463 e. The second-order valence-electron chi connectivity index (χ2n) is 4.54. The van der Waals surface area contributed by atoms with Crippen molar-refractivity contribution < 1.29 is 14.3 Å². The van der Waals surface area contributed by atoms with E-state index < -0.39 is 0 Å². The van der Waals surface area contributed by atoms with Gasteiger partial charge in [0.05, 0.1) is 6.10 Å². The Morgan fingerprint density at radius 3 is 3.00 bits per heavy atom. The average Bonchev–Trinajstić information content (AvgIpc) is 2.27. The normalized spacial score (nSPS) is 22.8. The summed E-state index contributed by atoms with van der Waals surface area (Å²) in [5.74, 6) is -0.130. The number of carbonyl (C=O) groups is 1. The first-order valence-electron chi connectivity index (χ1n) is 6.21. The van der Waals surface area contributed by atoms with E-state index in [9.17, 15) is 4.79 Å². The monoisotopic (exact) mass is 229 g/mol. The molecule has 2 unspecified atom stereocenters. The van der Waals surface area contributed by atoms with Gasteiger partial charge >= 0.3 is 5.97 Å². The van der Waals surface area contributed by atoms with E-state index in [0.717, 1.165) is 32.3 Å². The number of rotatable bonds is 6. The molecule has 1 fully saturated rings. The van der Waals surface area contributed by atoms with Gasteiger partial charge < -0.3 is 15.2 Å². The molecule has 94 valence electrons. The number of nitrogens with two attached hydrogens (primary N) is 1. The molecule has 0 spiro atoms. The van der Waals surface area contributed by atoms with Gasteiger partial charge in [0.2, 0.25) is 0 Å². The van der Waals surface area contributed by atoms with E-state index in [1.807, 2.05) is 6.92 Å². The summed E-state index contributed by atoms with van der Waals surface area (Å²) in [4.78, 5) is 11.3. The Morgan fingerprint density at radius 1 is 1.56 bits per heavy atom. The molecule has 0 saturated carbocycles. The smallest absolute Gasteiger partial charge is 0.305 e. The Labute approximate surface area is 97.5 Å². The summed E-state index contributed by atoms with van der Waals surface area (Å²) in [5, 5.41) is 0. The lowest BCUT2D eigenvalue weighted by Crippen LogP contribution is -2.26. The highest BCUT2D eigenvalue weighted by Gasteiger charge is 2.15. The quantitative estimate of drug-likeness (QED) is 0.703. The number of esters is 1. The van der Waals surface area contributed by atoms with Gasteiger partial charge in [-0.1, -0.05) is 0 Å². The lowest BCUT2D eigenvalue weighted by molar-refractivity contribution is -0.149. The number of hydrogen-bond donors (Lipinski definition) is 1. The van der Waals surface area contributed by atoms with Gasteiger partial charge in [-0.3, -0.25) is 4.79 Å². The Bertz CT molecular complexity index is 200. The maximum absolute atomic E-state index is 11.3. The first kappa shape index (κ1) is 13.5. The minimum Gasteiger partial charge on any atom is -0.463 e. The third kappa shape index (κ3) is 6.08. The lowest BCUT2D eigenvalue weighted by atomic mass is 10.1. The van der Waals surface area contributed by atoms with Crippen LogP contribution in [0.3, 0.4) is 0 Å². The molecule has 0 radical (unpaired) electrons. The van der Waals surface area contributed by atoms with Crippen LogP contribution in [0.15, 0.2) is 0 Å². The summed E-state index contributed by atoms with van der Waals surface area (Å²) in [6, 6.07) is 0.162. The van der Waals surface area contributed by atoms with Gasteiger partial charge in [0.25, 0.3) is 0 Å². The second-order valence-corrected chi connectivity index (χ2v) is 4.54. The van der Waals surface area contributed by atoms with Crippen LogP contribution in [0.25, 0.3) is 0 Å². The number of carbonyl (C=O) groups excluding carboxylic acids is 1. The van der Waals surface area contributed by atoms with Crippen LogP contribution in [0.1, 0.15) is 45.4 Å². The van der Waals surface area contributed by atoms with Crippen LogP contribution >= 0.6 is 0 Å². The molecule has 1 heterocycles. The summed E-state index contributed by atoms with van der Waals surface area (Å²) >= 11 is 0. The zero-order chi connectivity index (χ0) is 11.8. The highest BCUT2D eigenvalue weighted by atomic mass is 16.6. The molecule has 4 heteroatoms. The molecule has 1 rings (SSSR count). The molecular weight excluding hydrogens is 206 g/mol. The molecule has 0 aromatic rings. The molecule has 0 aliphatic carbocycles. The standard InChI is InChI=1S/C12H23NO3/c1-10(13)5-4-7-12(14)16-9-11-6-2-3-8-15-11/h10-11H,2-9,13H2,1H3. The van der Waals surface area contributed by atoms with Crippen LogP contribution in [0, 0.1) is 0 Å². The molecule has 4 nitrogen and oxygen atoms in total. The minimum absolute atomic E-state index is 0.117. The fraction of sp³-hybridized carbons (Fsp3) is 0.917. The molecule has 0 amide bonds. The second kappa shape index (κ2) is 7.63. The van der Waals surface area contributed by atoms with Gasteiger partial charge in [0, 0.05) is 19.1 Å². The molecule has 0 bridgehead atoms. The van der Waals surface area contributed by atoms with E-state index in [2.05, 4.69) is 0 Å². The topological polar surface area (TPSA) is 61.6 Å². The Balaban J connectivity index is 2.00.